The van der Waals surface area contributed by atoms with Crippen molar-refractivity contribution >= 4 is 11.9 Å². The molecule has 0 aromatic carbocycles. The van der Waals surface area contributed by atoms with Crippen LogP contribution in [0.25, 0.3) is 0 Å². The molecule has 7 nitrogen and oxygen atoms in total. The summed E-state index contributed by atoms with van der Waals surface area (Å²) >= 11 is 0. The van der Waals surface area contributed by atoms with Crippen LogP contribution in [0.15, 0.2) is 0 Å². The Labute approximate surface area is 105 Å². The Balaban J connectivity index is 2.71. The topological polar surface area (TPSA) is 93.5 Å². The van der Waals surface area contributed by atoms with E-state index in [2.05, 4.69) is 10.4 Å². The van der Waals surface area contributed by atoms with Crippen molar-refractivity contribution in [3.63, 3.8) is 0 Å². The zero-order chi connectivity index (χ0) is 13.7. The molecule has 2 N–H and O–H groups in total. The van der Waals surface area contributed by atoms with Crippen LogP contribution in [0.5, 0.6) is 0 Å². The molecular weight excluding hydrogens is 238 g/mol. The van der Waals surface area contributed by atoms with Gasteiger partial charge in [0.25, 0.3) is 0 Å². The van der Waals surface area contributed by atoms with Gasteiger partial charge in [-0.15, -0.1) is 0 Å². The summed E-state index contributed by atoms with van der Waals surface area (Å²) in [4.78, 5) is 22.5. The number of carbonyl (C=O) groups excluding carboxylic acids is 1. The quantitative estimate of drug-likeness (QED) is 0.696. The van der Waals surface area contributed by atoms with Gasteiger partial charge >= 0.3 is 5.97 Å². The minimum absolute atomic E-state index is 0.00364. The molecule has 100 valence electrons. The minimum Gasteiger partial charge on any atom is -0.478 e. The van der Waals surface area contributed by atoms with Gasteiger partial charge in [0.2, 0.25) is 5.91 Å². The first-order chi connectivity index (χ1) is 8.47. The van der Waals surface area contributed by atoms with Crippen LogP contribution in [-0.2, 0) is 16.1 Å². The number of aryl methyl sites for hydroxylation is 1. The maximum atomic E-state index is 11.6. The molecule has 0 aliphatic carbocycles. The Morgan fingerprint density at radius 3 is 2.61 bits per heavy atom. The molecule has 0 saturated heterocycles. The van der Waals surface area contributed by atoms with E-state index < -0.39 is 5.97 Å². The van der Waals surface area contributed by atoms with Crippen LogP contribution in [0.1, 0.15) is 21.7 Å². The molecule has 0 fully saturated rings. The molecule has 0 bridgehead atoms. The van der Waals surface area contributed by atoms with Crippen molar-refractivity contribution in [1.29, 1.82) is 0 Å². The van der Waals surface area contributed by atoms with Gasteiger partial charge < -0.3 is 15.2 Å². The number of amides is 1. The number of carbonyl (C=O) groups is 2. The lowest BCUT2D eigenvalue weighted by Gasteiger charge is -2.06. The molecule has 0 unspecified atom stereocenters. The van der Waals surface area contributed by atoms with E-state index in [0.29, 0.717) is 24.5 Å². The fourth-order valence-corrected chi connectivity index (χ4v) is 1.64. The molecule has 0 radical (unpaired) electrons. The third kappa shape index (κ3) is 3.30. The molecule has 1 aromatic heterocycles. The average molecular weight is 255 g/mol. The normalized spacial score (nSPS) is 10.4. The highest BCUT2D eigenvalue weighted by Crippen LogP contribution is 2.12. The highest BCUT2D eigenvalue weighted by molar-refractivity contribution is 5.90. The fraction of sp³-hybridized carbons (Fsp3) is 0.545. The lowest BCUT2D eigenvalue weighted by atomic mass is 10.2. The summed E-state index contributed by atoms with van der Waals surface area (Å²) in [5, 5.41) is 15.7. The summed E-state index contributed by atoms with van der Waals surface area (Å²) in [6.07, 6.45) is 0. The molecule has 0 spiro atoms. The van der Waals surface area contributed by atoms with E-state index in [0.717, 1.165) is 0 Å². The molecule has 0 aliphatic rings. The number of hydrogen-bond donors (Lipinski definition) is 2. The Morgan fingerprint density at radius 2 is 2.11 bits per heavy atom. The number of hydrogen-bond acceptors (Lipinski definition) is 4. The Bertz CT molecular complexity index is 453. The molecule has 18 heavy (non-hydrogen) atoms. The first-order valence-corrected chi connectivity index (χ1v) is 5.50. The van der Waals surface area contributed by atoms with E-state index >= 15 is 0 Å². The summed E-state index contributed by atoms with van der Waals surface area (Å²) in [5.74, 6) is -1.26. The van der Waals surface area contributed by atoms with E-state index in [-0.39, 0.29) is 18.0 Å². The smallest absolute Gasteiger partial charge is 0.339 e. The molecule has 1 aromatic rings. The molecule has 1 rings (SSSR count). The largest absolute Gasteiger partial charge is 0.478 e. The lowest BCUT2D eigenvalue weighted by molar-refractivity contribution is -0.122. The number of aromatic nitrogens is 2. The van der Waals surface area contributed by atoms with Crippen LogP contribution in [-0.4, -0.2) is 47.0 Å². The molecule has 7 heteroatoms. The van der Waals surface area contributed by atoms with Gasteiger partial charge in [-0.05, 0) is 13.8 Å². The van der Waals surface area contributed by atoms with Gasteiger partial charge in [0.1, 0.15) is 12.1 Å². The summed E-state index contributed by atoms with van der Waals surface area (Å²) < 4.78 is 6.20. The molecule has 1 amide bonds. The standard InChI is InChI=1S/C11H17N3O4/c1-7-10(11(16)17)8(2)14(13-7)6-9(15)12-4-5-18-3/h4-6H2,1-3H3,(H,12,15)(H,16,17). The van der Waals surface area contributed by atoms with Gasteiger partial charge in [0, 0.05) is 13.7 Å². The van der Waals surface area contributed by atoms with Gasteiger partial charge in [-0.25, -0.2) is 4.79 Å². The molecule has 0 saturated carbocycles. The number of aromatic carboxylic acids is 1. The van der Waals surface area contributed by atoms with Crippen LogP contribution in [0.2, 0.25) is 0 Å². The number of rotatable bonds is 6. The highest BCUT2D eigenvalue weighted by atomic mass is 16.5. The number of carboxylic acids is 1. The molecule has 0 aliphatic heterocycles. The third-order valence-corrected chi connectivity index (χ3v) is 2.52. The Kier molecular flexibility index (Phi) is 4.85. The summed E-state index contributed by atoms with van der Waals surface area (Å²) in [6.45, 7) is 4.09. The lowest BCUT2D eigenvalue weighted by Crippen LogP contribution is -2.31. The van der Waals surface area contributed by atoms with Gasteiger partial charge in [-0.2, -0.15) is 5.10 Å². The van der Waals surface area contributed by atoms with Crippen LogP contribution in [0, 0.1) is 13.8 Å². The number of methoxy groups -OCH3 is 1. The van der Waals surface area contributed by atoms with Gasteiger partial charge in [0.15, 0.2) is 0 Å². The van der Waals surface area contributed by atoms with Crippen molar-refractivity contribution in [2.75, 3.05) is 20.3 Å². The van der Waals surface area contributed by atoms with Gasteiger partial charge in [-0.1, -0.05) is 0 Å². The number of carboxylic acid groups (broad SMARTS) is 1. The zero-order valence-electron chi connectivity index (χ0n) is 10.7. The maximum absolute atomic E-state index is 11.6. The number of nitrogens with zero attached hydrogens (tertiary/aromatic N) is 2. The monoisotopic (exact) mass is 255 g/mol. The predicted octanol–water partition coefficient (Wildman–Crippen LogP) is -0.0393. The first kappa shape index (κ1) is 14.2. The van der Waals surface area contributed by atoms with Crippen molar-refractivity contribution in [2.45, 2.75) is 20.4 Å². The molecule has 1 heterocycles. The SMILES string of the molecule is COCCNC(=O)Cn1nc(C)c(C(=O)O)c1C. The molecule has 0 atom stereocenters. The predicted molar refractivity (Wildman–Crippen MR) is 63.5 cm³/mol. The van der Waals surface area contributed by atoms with Crippen LogP contribution >= 0.6 is 0 Å². The summed E-state index contributed by atoms with van der Waals surface area (Å²) in [5.41, 5.74) is 1.03. The third-order valence-electron chi connectivity index (χ3n) is 2.52. The summed E-state index contributed by atoms with van der Waals surface area (Å²) in [7, 11) is 1.55. The first-order valence-electron chi connectivity index (χ1n) is 5.50. The summed E-state index contributed by atoms with van der Waals surface area (Å²) in [6, 6.07) is 0. The Morgan fingerprint density at radius 1 is 1.44 bits per heavy atom. The second-order valence-electron chi connectivity index (χ2n) is 3.85. The van der Waals surface area contributed by atoms with Gasteiger partial charge in [-0.3, -0.25) is 9.48 Å². The Hall–Kier alpha value is -1.89. The van der Waals surface area contributed by atoms with Crippen molar-refractivity contribution in [3.05, 3.63) is 17.0 Å². The van der Waals surface area contributed by atoms with Crippen molar-refractivity contribution in [3.8, 4) is 0 Å². The second-order valence-corrected chi connectivity index (χ2v) is 3.85. The van der Waals surface area contributed by atoms with Crippen LogP contribution in [0.3, 0.4) is 0 Å². The fourth-order valence-electron chi connectivity index (χ4n) is 1.64. The van der Waals surface area contributed by atoms with E-state index in [1.54, 1.807) is 21.0 Å². The van der Waals surface area contributed by atoms with E-state index in [9.17, 15) is 9.59 Å². The van der Waals surface area contributed by atoms with Gasteiger partial charge in [0.05, 0.1) is 18.0 Å². The second kappa shape index (κ2) is 6.15. The van der Waals surface area contributed by atoms with E-state index in [1.807, 2.05) is 0 Å². The van der Waals surface area contributed by atoms with Crippen molar-refractivity contribution in [2.24, 2.45) is 0 Å². The van der Waals surface area contributed by atoms with Crippen molar-refractivity contribution < 1.29 is 19.4 Å². The minimum atomic E-state index is -1.03. The van der Waals surface area contributed by atoms with E-state index in [4.69, 9.17) is 9.84 Å². The van der Waals surface area contributed by atoms with Crippen LogP contribution < -0.4 is 5.32 Å². The maximum Gasteiger partial charge on any atom is 0.339 e. The van der Waals surface area contributed by atoms with Crippen LogP contribution in [0.4, 0.5) is 0 Å². The highest BCUT2D eigenvalue weighted by Gasteiger charge is 2.18. The van der Waals surface area contributed by atoms with Crippen molar-refractivity contribution in [1.82, 2.24) is 15.1 Å². The zero-order valence-corrected chi connectivity index (χ0v) is 10.7. The van der Waals surface area contributed by atoms with E-state index in [1.165, 1.54) is 4.68 Å². The molecular formula is C11H17N3O4. The average Bonchev–Trinajstić information content (AvgIpc) is 2.54. The number of ether oxygens (including phenoxy) is 1. The number of nitrogens with one attached hydrogen (secondary N) is 1.